The molecule has 3 aromatic rings. The molecule has 5 heteroatoms. The molecule has 1 amide bonds. The van der Waals surface area contributed by atoms with Gasteiger partial charge in [0.15, 0.2) is 0 Å². The van der Waals surface area contributed by atoms with Crippen molar-refractivity contribution in [3.63, 3.8) is 0 Å². The lowest BCUT2D eigenvalue weighted by atomic mass is 9.83. The van der Waals surface area contributed by atoms with E-state index in [-0.39, 0.29) is 17.4 Å². The molecule has 0 unspecified atom stereocenters. The Hall–Kier alpha value is -2.95. The van der Waals surface area contributed by atoms with E-state index < -0.39 is 5.41 Å². The number of H-pyrrole nitrogens is 1. The fourth-order valence-electron chi connectivity index (χ4n) is 3.64. The lowest BCUT2D eigenvalue weighted by molar-refractivity contribution is -0.120. The molecular formula is C22H23N3O2. The molecule has 0 radical (unpaired) electrons. The van der Waals surface area contributed by atoms with Crippen molar-refractivity contribution in [3.05, 3.63) is 69.6 Å². The molecule has 0 spiro atoms. The Kier molecular flexibility index (Phi) is 4.30. The summed E-state index contributed by atoms with van der Waals surface area (Å²) in [4.78, 5) is 32.5. The van der Waals surface area contributed by atoms with Crippen LogP contribution in [-0.2, 0) is 23.1 Å². The molecule has 0 saturated carbocycles. The molecule has 0 fully saturated rings. The maximum atomic E-state index is 13.0. The Balaban J connectivity index is 1.63. The fourth-order valence-corrected chi connectivity index (χ4v) is 3.64. The maximum Gasteiger partial charge on any atom is 0.255 e. The smallest absolute Gasteiger partial charge is 0.255 e. The zero-order valence-electron chi connectivity index (χ0n) is 15.6. The van der Waals surface area contributed by atoms with Crippen LogP contribution in [0.2, 0.25) is 0 Å². The van der Waals surface area contributed by atoms with Gasteiger partial charge < -0.3 is 0 Å². The van der Waals surface area contributed by atoms with E-state index in [2.05, 4.69) is 15.3 Å². The highest BCUT2D eigenvalue weighted by Gasteiger charge is 2.31. The quantitative estimate of drug-likeness (QED) is 0.747. The summed E-state index contributed by atoms with van der Waals surface area (Å²) in [5.41, 5.74) is 1.58. The van der Waals surface area contributed by atoms with Crippen molar-refractivity contribution in [2.75, 3.05) is 5.32 Å². The van der Waals surface area contributed by atoms with Crippen LogP contribution in [0.5, 0.6) is 0 Å². The van der Waals surface area contributed by atoms with Gasteiger partial charge in [-0.05, 0) is 55.9 Å². The number of aromatic nitrogens is 2. The minimum absolute atomic E-state index is 0.140. The number of hydrogen-bond acceptors (Lipinski definition) is 3. The number of aromatic amines is 1. The zero-order chi connectivity index (χ0) is 19.0. The molecule has 27 heavy (non-hydrogen) atoms. The number of anilines is 1. The first kappa shape index (κ1) is 17.5. The van der Waals surface area contributed by atoms with Gasteiger partial charge in [-0.25, -0.2) is 4.98 Å². The Labute approximate surface area is 157 Å². The van der Waals surface area contributed by atoms with Crippen molar-refractivity contribution in [1.29, 1.82) is 0 Å². The van der Waals surface area contributed by atoms with Gasteiger partial charge in [-0.2, -0.15) is 0 Å². The normalized spacial score (nSPS) is 14.0. The Morgan fingerprint density at radius 3 is 2.63 bits per heavy atom. The van der Waals surface area contributed by atoms with Crippen LogP contribution in [0.4, 0.5) is 5.95 Å². The molecule has 4 rings (SSSR count). The molecule has 138 valence electrons. The second-order valence-corrected chi connectivity index (χ2v) is 7.69. The standard InChI is InChI=1S/C22H23N3O2/c1-22(2,16-12-11-14-7-3-4-8-15(14)13-16)20(27)25-21-23-18-10-6-5-9-17(18)19(26)24-21/h3-4,7-8,11-13H,5-6,9-10H2,1-2H3,(H2,23,24,25,26,27). The first-order valence-electron chi connectivity index (χ1n) is 9.38. The third kappa shape index (κ3) is 3.25. The lowest BCUT2D eigenvalue weighted by Crippen LogP contribution is -2.36. The largest absolute Gasteiger partial charge is 0.295 e. The van der Waals surface area contributed by atoms with E-state index in [1.54, 1.807) is 0 Å². The Bertz CT molecular complexity index is 1080. The average Bonchev–Trinajstić information content (AvgIpc) is 2.67. The molecule has 1 aliphatic carbocycles. The molecule has 0 saturated heterocycles. The van der Waals surface area contributed by atoms with Crippen molar-refractivity contribution in [3.8, 4) is 0 Å². The van der Waals surface area contributed by atoms with E-state index in [9.17, 15) is 9.59 Å². The lowest BCUT2D eigenvalue weighted by Gasteiger charge is -2.24. The summed E-state index contributed by atoms with van der Waals surface area (Å²) in [5, 5.41) is 5.04. The van der Waals surface area contributed by atoms with Crippen LogP contribution in [0.15, 0.2) is 47.3 Å². The van der Waals surface area contributed by atoms with Crippen molar-refractivity contribution in [2.45, 2.75) is 44.9 Å². The first-order valence-corrected chi connectivity index (χ1v) is 9.38. The van der Waals surface area contributed by atoms with Crippen molar-refractivity contribution in [1.82, 2.24) is 9.97 Å². The number of nitrogens with zero attached hydrogens (tertiary/aromatic N) is 1. The van der Waals surface area contributed by atoms with Crippen molar-refractivity contribution in [2.24, 2.45) is 0 Å². The predicted molar refractivity (Wildman–Crippen MR) is 107 cm³/mol. The molecule has 0 aliphatic heterocycles. The SMILES string of the molecule is CC(C)(C(=O)Nc1nc2c(c(=O)[nH]1)CCCC2)c1ccc2ccccc2c1. The molecule has 0 bridgehead atoms. The Morgan fingerprint density at radius 1 is 1.07 bits per heavy atom. The minimum atomic E-state index is -0.765. The summed E-state index contributed by atoms with van der Waals surface area (Å²) >= 11 is 0. The van der Waals surface area contributed by atoms with Gasteiger partial charge in [-0.1, -0.05) is 42.5 Å². The number of fused-ring (bicyclic) bond motifs is 2. The topological polar surface area (TPSA) is 74.8 Å². The summed E-state index contributed by atoms with van der Waals surface area (Å²) in [7, 11) is 0. The highest BCUT2D eigenvalue weighted by atomic mass is 16.2. The number of nitrogens with one attached hydrogen (secondary N) is 2. The number of carbonyl (C=O) groups excluding carboxylic acids is 1. The number of benzene rings is 2. The number of aryl methyl sites for hydroxylation is 1. The monoisotopic (exact) mass is 361 g/mol. The van der Waals surface area contributed by atoms with E-state index in [1.807, 2.05) is 56.3 Å². The molecule has 5 nitrogen and oxygen atoms in total. The molecular weight excluding hydrogens is 338 g/mol. The summed E-state index contributed by atoms with van der Waals surface area (Å²) in [6.45, 7) is 3.76. The second kappa shape index (κ2) is 6.65. The summed E-state index contributed by atoms with van der Waals surface area (Å²) in [6.07, 6.45) is 3.59. The highest BCUT2D eigenvalue weighted by molar-refractivity contribution is 5.98. The number of amides is 1. The van der Waals surface area contributed by atoms with Gasteiger partial charge >= 0.3 is 0 Å². The van der Waals surface area contributed by atoms with Crippen LogP contribution >= 0.6 is 0 Å². The second-order valence-electron chi connectivity index (χ2n) is 7.69. The number of hydrogen-bond donors (Lipinski definition) is 2. The maximum absolute atomic E-state index is 13.0. The van der Waals surface area contributed by atoms with Crippen LogP contribution < -0.4 is 10.9 Å². The van der Waals surface area contributed by atoms with Gasteiger partial charge in [0, 0.05) is 5.56 Å². The average molecular weight is 361 g/mol. The van der Waals surface area contributed by atoms with Crippen molar-refractivity contribution >= 4 is 22.6 Å². The van der Waals surface area contributed by atoms with Crippen LogP contribution in [0.3, 0.4) is 0 Å². The van der Waals surface area contributed by atoms with Crippen LogP contribution in [-0.4, -0.2) is 15.9 Å². The summed E-state index contributed by atoms with van der Waals surface area (Å²) in [6, 6.07) is 14.1. The summed E-state index contributed by atoms with van der Waals surface area (Å²) < 4.78 is 0. The van der Waals surface area contributed by atoms with E-state index >= 15 is 0 Å². The third-order valence-corrected chi connectivity index (χ3v) is 5.46. The zero-order valence-corrected chi connectivity index (χ0v) is 15.6. The summed E-state index contributed by atoms with van der Waals surface area (Å²) in [5.74, 6) is 0.0382. The first-order chi connectivity index (χ1) is 12.9. The number of carbonyl (C=O) groups is 1. The molecule has 2 N–H and O–H groups in total. The molecule has 2 aromatic carbocycles. The molecule has 1 heterocycles. The van der Waals surface area contributed by atoms with E-state index in [0.717, 1.165) is 53.3 Å². The van der Waals surface area contributed by atoms with Gasteiger partial charge in [0.1, 0.15) is 0 Å². The van der Waals surface area contributed by atoms with E-state index in [0.29, 0.717) is 0 Å². The van der Waals surface area contributed by atoms with Gasteiger partial charge in [-0.15, -0.1) is 0 Å². The molecule has 0 atom stereocenters. The molecule has 1 aliphatic rings. The van der Waals surface area contributed by atoms with Gasteiger partial charge in [0.05, 0.1) is 11.1 Å². The number of rotatable bonds is 3. The molecule has 1 aromatic heterocycles. The minimum Gasteiger partial charge on any atom is -0.295 e. The highest BCUT2D eigenvalue weighted by Crippen LogP contribution is 2.28. The van der Waals surface area contributed by atoms with Crippen LogP contribution in [0.25, 0.3) is 10.8 Å². The van der Waals surface area contributed by atoms with Gasteiger partial charge in [-0.3, -0.25) is 19.9 Å². The Morgan fingerprint density at radius 2 is 1.81 bits per heavy atom. The van der Waals surface area contributed by atoms with E-state index in [4.69, 9.17) is 0 Å². The van der Waals surface area contributed by atoms with Gasteiger partial charge in [0.2, 0.25) is 11.9 Å². The van der Waals surface area contributed by atoms with Crippen LogP contribution in [0, 0.1) is 0 Å². The van der Waals surface area contributed by atoms with E-state index in [1.165, 1.54) is 0 Å². The predicted octanol–water partition coefficient (Wildman–Crippen LogP) is 3.72. The third-order valence-electron chi connectivity index (χ3n) is 5.46. The van der Waals surface area contributed by atoms with Crippen molar-refractivity contribution < 1.29 is 4.79 Å². The fraction of sp³-hybridized carbons (Fsp3) is 0.318. The van der Waals surface area contributed by atoms with Crippen LogP contribution in [0.1, 0.15) is 43.5 Å². The van der Waals surface area contributed by atoms with Gasteiger partial charge in [0.25, 0.3) is 5.56 Å².